The summed E-state index contributed by atoms with van der Waals surface area (Å²) in [4.78, 5) is 23.5. The lowest BCUT2D eigenvalue weighted by atomic mass is 10.1. The highest BCUT2D eigenvalue weighted by atomic mass is 35.5. The zero-order valence-corrected chi connectivity index (χ0v) is 16.7. The summed E-state index contributed by atoms with van der Waals surface area (Å²) >= 11 is 5.91. The highest BCUT2D eigenvalue weighted by Gasteiger charge is 2.21. The van der Waals surface area contributed by atoms with Crippen molar-refractivity contribution in [3.8, 4) is 11.4 Å². The molecule has 4 rings (SSSR count). The number of aromatic nitrogens is 3. The zero-order valence-electron chi connectivity index (χ0n) is 16.0. The van der Waals surface area contributed by atoms with Gasteiger partial charge < -0.3 is 14.7 Å². The molecule has 0 bridgehead atoms. The van der Waals surface area contributed by atoms with Gasteiger partial charge in [-0.2, -0.15) is 4.98 Å². The molecule has 2 aromatic heterocycles. The van der Waals surface area contributed by atoms with Gasteiger partial charge in [0.1, 0.15) is 5.82 Å². The van der Waals surface area contributed by atoms with Crippen molar-refractivity contribution in [2.24, 2.45) is 0 Å². The van der Waals surface area contributed by atoms with Gasteiger partial charge in [-0.15, -0.1) is 0 Å². The number of carbonyl (C=O) groups excluding carboxylic acids is 1. The van der Waals surface area contributed by atoms with Gasteiger partial charge in [0.25, 0.3) is 5.91 Å². The summed E-state index contributed by atoms with van der Waals surface area (Å²) < 4.78 is 5.33. The summed E-state index contributed by atoms with van der Waals surface area (Å²) in [6, 6.07) is 10.9. The van der Waals surface area contributed by atoms with E-state index >= 15 is 0 Å². The van der Waals surface area contributed by atoms with E-state index in [9.17, 15) is 4.79 Å². The van der Waals surface area contributed by atoms with Crippen molar-refractivity contribution in [2.75, 3.05) is 25.0 Å². The van der Waals surface area contributed by atoms with Gasteiger partial charge in [0.2, 0.25) is 11.7 Å². The van der Waals surface area contributed by atoms with Crippen LogP contribution in [-0.2, 0) is 6.42 Å². The first-order valence-electron chi connectivity index (χ1n) is 9.77. The molecule has 0 radical (unpaired) electrons. The molecule has 1 aliphatic heterocycles. The molecule has 1 saturated heterocycles. The van der Waals surface area contributed by atoms with Crippen molar-refractivity contribution in [1.29, 1.82) is 0 Å². The van der Waals surface area contributed by atoms with Crippen LogP contribution in [0.1, 0.15) is 35.5 Å². The highest BCUT2D eigenvalue weighted by molar-refractivity contribution is 6.30. The van der Waals surface area contributed by atoms with E-state index in [2.05, 4.69) is 20.4 Å². The van der Waals surface area contributed by atoms with E-state index in [4.69, 9.17) is 16.1 Å². The van der Waals surface area contributed by atoms with E-state index in [-0.39, 0.29) is 5.91 Å². The lowest BCUT2D eigenvalue weighted by molar-refractivity contribution is 0.0725. The smallest absolute Gasteiger partial charge is 0.257 e. The van der Waals surface area contributed by atoms with Crippen molar-refractivity contribution in [1.82, 2.24) is 20.0 Å². The lowest BCUT2D eigenvalue weighted by Crippen LogP contribution is -2.36. The van der Waals surface area contributed by atoms with Crippen LogP contribution in [0.15, 0.2) is 47.1 Å². The molecular formula is C21H22ClN5O2. The van der Waals surface area contributed by atoms with Crippen molar-refractivity contribution < 1.29 is 9.32 Å². The monoisotopic (exact) mass is 411 g/mol. The van der Waals surface area contributed by atoms with Gasteiger partial charge in [-0.3, -0.25) is 4.79 Å². The van der Waals surface area contributed by atoms with E-state index in [1.54, 1.807) is 24.4 Å². The first-order chi connectivity index (χ1) is 14.2. The van der Waals surface area contributed by atoms with E-state index in [0.29, 0.717) is 41.1 Å². The molecule has 1 aromatic carbocycles. The maximum atomic E-state index is 12.8. The molecule has 29 heavy (non-hydrogen) atoms. The minimum Gasteiger partial charge on any atom is -0.369 e. The third-order valence-corrected chi connectivity index (χ3v) is 5.14. The Hall–Kier alpha value is -2.93. The standard InChI is InChI=1S/C21H22ClN5O2/c22-16-8-6-15(7-9-16)19-25-18(29-26-19)10-12-24-20-17(5-4-11-23-20)21(28)27-13-2-1-3-14-27/h4-9,11H,1-3,10,12-14H2,(H,23,24). The van der Waals surface area contributed by atoms with Crippen LogP contribution in [0, 0.1) is 0 Å². The van der Waals surface area contributed by atoms with Crippen LogP contribution in [-0.4, -0.2) is 45.6 Å². The molecule has 1 fully saturated rings. The van der Waals surface area contributed by atoms with Crippen molar-refractivity contribution in [3.05, 3.63) is 59.1 Å². The van der Waals surface area contributed by atoms with E-state index in [0.717, 1.165) is 31.5 Å². The fourth-order valence-corrected chi connectivity index (χ4v) is 3.47. The number of halogens is 1. The summed E-state index contributed by atoms with van der Waals surface area (Å²) in [6.07, 6.45) is 5.50. The van der Waals surface area contributed by atoms with Crippen molar-refractivity contribution >= 4 is 23.3 Å². The summed E-state index contributed by atoms with van der Waals surface area (Å²) in [7, 11) is 0. The summed E-state index contributed by atoms with van der Waals surface area (Å²) in [5, 5.41) is 7.91. The molecule has 0 saturated carbocycles. The maximum Gasteiger partial charge on any atom is 0.257 e. The van der Waals surface area contributed by atoms with Crippen LogP contribution in [0.2, 0.25) is 5.02 Å². The fraction of sp³-hybridized carbons (Fsp3) is 0.333. The van der Waals surface area contributed by atoms with Crippen LogP contribution in [0.25, 0.3) is 11.4 Å². The summed E-state index contributed by atoms with van der Waals surface area (Å²) in [5.74, 6) is 1.65. The Labute approximate surface area is 174 Å². The van der Waals surface area contributed by atoms with Crippen LogP contribution >= 0.6 is 11.6 Å². The second-order valence-electron chi connectivity index (χ2n) is 6.95. The van der Waals surface area contributed by atoms with Crippen LogP contribution < -0.4 is 5.32 Å². The fourth-order valence-electron chi connectivity index (χ4n) is 3.35. The molecule has 1 N–H and O–H groups in total. The number of piperidine rings is 1. The second kappa shape index (κ2) is 9.05. The molecule has 1 amide bonds. The Morgan fingerprint density at radius 3 is 2.72 bits per heavy atom. The van der Waals surface area contributed by atoms with Gasteiger partial charge in [-0.05, 0) is 55.7 Å². The quantitative estimate of drug-likeness (QED) is 0.658. The molecule has 0 aliphatic carbocycles. The molecule has 7 nitrogen and oxygen atoms in total. The largest absolute Gasteiger partial charge is 0.369 e. The third kappa shape index (κ3) is 4.74. The van der Waals surface area contributed by atoms with E-state index in [1.165, 1.54) is 6.42 Å². The Bertz CT molecular complexity index is 967. The molecule has 8 heteroatoms. The van der Waals surface area contributed by atoms with Gasteiger partial charge >= 0.3 is 0 Å². The maximum absolute atomic E-state index is 12.8. The number of pyridine rings is 1. The third-order valence-electron chi connectivity index (χ3n) is 4.88. The number of nitrogens with zero attached hydrogens (tertiary/aromatic N) is 4. The number of nitrogens with one attached hydrogen (secondary N) is 1. The van der Waals surface area contributed by atoms with Gasteiger partial charge in [-0.1, -0.05) is 16.8 Å². The minimum atomic E-state index is 0.0307. The molecule has 0 atom stereocenters. The predicted molar refractivity (Wildman–Crippen MR) is 111 cm³/mol. The average molecular weight is 412 g/mol. The summed E-state index contributed by atoms with van der Waals surface area (Å²) in [6.45, 7) is 2.14. The topological polar surface area (TPSA) is 84.2 Å². The first kappa shape index (κ1) is 19.4. The number of rotatable bonds is 6. The first-order valence-corrected chi connectivity index (χ1v) is 10.2. The number of carbonyl (C=O) groups is 1. The number of anilines is 1. The Kier molecular flexibility index (Phi) is 6.05. The minimum absolute atomic E-state index is 0.0307. The lowest BCUT2D eigenvalue weighted by Gasteiger charge is -2.27. The number of benzene rings is 1. The predicted octanol–water partition coefficient (Wildman–Crippen LogP) is 4.07. The van der Waals surface area contributed by atoms with Crippen LogP contribution in [0.3, 0.4) is 0 Å². The number of likely N-dealkylation sites (tertiary alicyclic amines) is 1. The highest BCUT2D eigenvalue weighted by Crippen LogP contribution is 2.20. The number of hydrogen-bond donors (Lipinski definition) is 1. The molecule has 3 aromatic rings. The Morgan fingerprint density at radius 1 is 1.14 bits per heavy atom. The van der Waals surface area contributed by atoms with Gasteiger partial charge in [0, 0.05) is 42.8 Å². The Morgan fingerprint density at radius 2 is 1.93 bits per heavy atom. The second-order valence-corrected chi connectivity index (χ2v) is 7.38. The van der Waals surface area contributed by atoms with E-state index in [1.807, 2.05) is 23.1 Å². The van der Waals surface area contributed by atoms with Crippen LogP contribution in [0.4, 0.5) is 5.82 Å². The number of amides is 1. The SMILES string of the molecule is O=C(c1cccnc1NCCc1nc(-c2ccc(Cl)cc2)no1)N1CCCCC1. The van der Waals surface area contributed by atoms with Gasteiger partial charge in [-0.25, -0.2) is 4.98 Å². The molecular weight excluding hydrogens is 390 g/mol. The van der Waals surface area contributed by atoms with Gasteiger partial charge in [0.15, 0.2) is 0 Å². The molecule has 3 heterocycles. The molecule has 0 spiro atoms. The zero-order chi connectivity index (χ0) is 20.1. The average Bonchev–Trinajstić information content (AvgIpc) is 3.24. The van der Waals surface area contributed by atoms with Crippen LogP contribution in [0.5, 0.6) is 0 Å². The number of hydrogen-bond acceptors (Lipinski definition) is 6. The van der Waals surface area contributed by atoms with E-state index < -0.39 is 0 Å². The molecule has 0 unspecified atom stereocenters. The normalized spacial score (nSPS) is 14.0. The molecule has 150 valence electrons. The Balaban J connectivity index is 1.37. The van der Waals surface area contributed by atoms with Crippen molar-refractivity contribution in [3.63, 3.8) is 0 Å². The van der Waals surface area contributed by atoms with Gasteiger partial charge in [0.05, 0.1) is 5.56 Å². The van der Waals surface area contributed by atoms with Crippen molar-refractivity contribution in [2.45, 2.75) is 25.7 Å². The molecule has 1 aliphatic rings. The summed E-state index contributed by atoms with van der Waals surface area (Å²) in [5.41, 5.74) is 1.44.